The number of isocyanates is 1. The molecule has 0 fully saturated rings. The molecule has 2 rings (SSSR count). The van der Waals surface area contributed by atoms with Gasteiger partial charge < -0.3 is 10.1 Å². The van der Waals surface area contributed by atoms with Crippen LogP contribution in [0.15, 0.2) is 52.7 Å². The predicted octanol–water partition coefficient (Wildman–Crippen LogP) is 2.49. The number of ether oxygens (including phenoxy) is 1. The molecule has 1 amide bonds. The van der Waals surface area contributed by atoms with E-state index in [1.54, 1.807) is 43.3 Å². The zero-order valence-corrected chi connectivity index (χ0v) is 18.0. The summed E-state index contributed by atoms with van der Waals surface area (Å²) in [6, 6.07) is 6.33. The van der Waals surface area contributed by atoms with E-state index in [4.69, 9.17) is 9.29 Å². The van der Waals surface area contributed by atoms with E-state index in [2.05, 4.69) is 10.3 Å². The molecule has 166 valence electrons. The minimum absolute atomic E-state index is 0.0145. The van der Waals surface area contributed by atoms with Crippen molar-refractivity contribution in [3.8, 4) is 0 Å². The van der Waals surface area contributed by atoms with Gasteiger partial charge in [0.15, 0.2) is 5.78 Å². The van der Waals surface area contributed by atoms with Gasteiger partial charge in [0.05, 0.1) is 23.6 Å². The van der Waals surface area contributed by atoms with Crippen molar-refractivity contribution in [1.82, 2.24) is 5.32 Å². The Balaban J connectivity index is 1.94. The second-order valence-electron chi connectivity index (χ2n) is 7.21. The van der Waals surface area contributed by atoms with Gasteiger partial charge in [0, 0.05) is 23.6 Å². The molecule has 9 nitrogen and oxygen atoms in total. The molecule has 1 aromatic rings. The highest BCUT2D eigenvalue weighted by molar-refractivity contribution is 7.85. The fraction of sp³-hybridized carbons (Fsp3) is 0.381. The van der Waals surface area contributed by atoms with Crippen LogP contribution in [0, 0.1) is 5.92 Å². The lowest BCUT2D eigenvalue weighted by Crippen LogP contribution is -2.31. The van der Waals surface area contributed by atoms with E-state index in [9.17, 15) is 22.8 Å². The third-order valence-electron chi connectivity index (χ3n) is 4.55. The van der Waals surface area contributed by atoms with Gasteiger partial charge in [-0.15, -0.1) is 0 Å². The van der Waals surface area contributed by atoms with Crippen molar-refractivity contribution in [2.45, 2.75) is 32.8 Å². The lowest BCUT2D eigenvalue weighted by Gasteiger charge is -2.24. The SMILES string of the molecule is CC(CC(=O)NCCS(=O)(=O)O)OC1=CC=C(C(=O)c2ccc(N=C=O)cc2)CC1C. The molecule has 31 heavy (non-hydrogen) atoms. The summed E-state index contributed by atoms with van der Waals surface area (Å²) < 4.78 is 35.8. The fourth-order valence-corrected chi connectivity index (χ4v) is 3.38. The second kappa shape index (κ2) is 10.8. The van der Waals surface area contributed by atoms with Crippen molar-refractivity contribution >= 4 is 33.6 Å². The maximum Gasteiger partial charge on any atom is 0.266 e. The Morgan fingerprint density at radius 2 is 1.97 bits per heavy atom. The van der Waals surface area contributed by atoms with Crippen LogP contribution in [0.4, 0.5) is 5.69 Å². The average Bonchev–Trinajstić information content (AvgIpc) is 2.68. The Labute approximate surface area is 180 Å². The molecule has 0 aliphatic heterocycles. The Kier molecular flexibility index (Phi) is 8.44. The quantitative estimate of drug-likeness (QED) is 0.243. The number of carbonyl (C=O) groups excluding carboxylic acids is 3. The first-order valence-corrected chi connectivity index (χ1v) is 11.2. The van der Waals surface area contributed by atoms with Crippen LogP contribution in [0.5, 0.6) is 0 Å². The van der Waals surface area contributed by atoms with Gasteiger partial charge in [-0.1, -0.05) is 13.0 Å². The van der Waals surface area contributed by atoms with E-state index in [1.807, 2.05) is 6.92 Å². The molecule has 0 heterocycles. The maximum absolute atomic E-state index is 12.7. The number of carbonyl (C=O) groups is 2. The first-order chi connectivity index (χ1) is 14.6. The minimum Gasteiger partial charge on any atom is -0.494 e. The van der Waals surface area contributed by atoms with Crippen LogP contribution >= 0.6 is 0 Å². The van der Waals surface area contributed by atoms with Gasteiger partial charge in [0.2, 0.25) is 12.0 Å². The number of amides is 1. The van der Waals surface area contributed by atoms with Crippen LogP contribution in [0.3, 0.4) is 0 Å². The van der Waals surface area contributed by atoms with E-state index < -0.39 is 27.9 Å². The summed E-state index contributed by atoms with van der Waals surface area (Å²) in [5.74, 6) is -0.507. The number of rotatable bonds is 10. The number of allylic oxidation sites excluding steroid dienone is 4. The fourth-order valence-electron chi connectivity index (χ4n) is 3.02. The van der Waals surface area contributed by atoms with Crippen LogP contribution in [0.1, 0.15) is 37.0 Å². The highest BCUT2D eigenvalue weighted by Gasteiger charge is 2.23. The molecule has 0 spiro atoms. The van der Waals surface area contributed by atoms with Crippen molar-refractivity contribution in [2.24, 2.45) is 10.9 Å². The largest absolute Gasteiger partial charge is 0.494 e. The molecule has 2 N–H and O–H groups in total. The van der Waals surface area contributed by atoms with Gasteiger partial charge in [-0.05, 0) is 43.7 Å². The molecule has 0 bridgehead atoms. The topological polar surface area (TPSA) is 139 Å². The van der Waals surface area contributed by atoms with Crippen molar-refractivity contribution in [1.29, 1.82) is 0 Å². The lowest BCUT2D eigenvalue weighted by atomic mass is 9.89. The third-order valence-corrected chi connectivity index (χ3v) is 5.27. The molecule has 1 aliphatic rings. The van der Waals surface area contributed by atoms with E-state index in [-0.39, 0.29) is 24.7 Å². The van der Waals surface area contributed by atoms with Gasteiger partial charge in [-0.25, -0.2) is 4.79 Å². The first-order valence-electron chi connectivity index (χ1n) is 9.61. The summed E-state index contributed by atoms with van der Waals surface area (Å²) in [7, 11) is -4.12. The van der Waals surface area contributed by atoms with Crippen molar-refractivity contribution < 1.29 is 32.1 Å². The van der Waals surface area contributed by atoms with Crippen LogP contribution < -0.4 is 5.32 Å². The van der Waals surface area contributed by atoms with Crippen LogP contribution in [-0.2, 0) is 24.4 Å². The molecule has 1 aromatic carbocycles. The summed E-state index contributed by atoms with van der Waals surface area (Å²) in [5.41, 5.74) is 1.52. The highest BCUT2D eigenvalue weighted by atomic mass is 32.2. The first kappa shape index (κ1) is 24.2. The molecule has 0 saturated heterocycles. The second-order valence-corrected chi connectivity index (χ2v) is 8.79. The van der Waals surface area contributed by atoms with E-state index in [0.29, 0.717) is 29.0 Å². The molecule has 2 unspecified atom stereocenters. The maximum atomic E-state index is 12.7. The Bertz CT molecular complexity index is 1040. The molecule has 0 saturated carbocycles. The average molecular weight is 448 g/mol. The van der Waals surface area contributed by atoms with Gasteiger partial charge in [0.25, 0.3) is 10.1 Å². The van der Waals surface area contributed by atoms with Crippen molar-refractivity contribution in [3.63, 3.8) is 0 Å². The van der Waals surface area contributed by atoms with E-state index in [1.165, 1.54) is 6.08 Å². The van der Waals surface area contributed by atoms with Crippen molar-refractivity contribution in [3.05, 3.63) is 53.3 Å². The van der Waals surface area contributed by atoms with E-state index >= 15 is 0 Å². The summed E-state index contributed by atoms with van der Waals surface area (Å²) in [6.45, 7) is 3.44. The monoisotopic (exact) mass is 448 g/mol. The zero-order valence-electron chi connectivity index (χ0n) is 17.2. The van der Waals surface area contributed by atoms with Gasteiger partial charge in [-0.2, -0.15) is 13.4 Å². The molecule has 0 radical (unpaired) electrons. The number of nitrogens with zero attached hydrogens (tertiary/aromatic N) is 1. The molecule has 0 aromatic heterocycles. The summed E-state index contributed by atoms with van der Waals surface area (Å²) >= 11 is 0. The lowest BCUT2D eigenvalue weighted by molar-refractivity contribution is -0.123. The molecular formula is C21H24N2O7S. The van der Waals surface area contributed by atoms with Crippen LogP contribution in [0.2, 0.25) is 0 Å². The summed E-state index contributed by atoms with van der Waals surface area (Å²) in [6.07, 6.45) is 4.86. The summed E-state index contributed by atoms with van der Waals surface area (Å²) in [5, 5.41) is 2.41. The van der Waals surface area contributed by atoms with Crippen LogP contribution in [0.25, 0.3) is 0 Å². The van der Waals surface area contributed by atoms with Crippen LogP contribution in [-0.4, -0.2) is 49.1 Å². The number of Topliss-reactive ketones (excluding diaryl/α,β-unsaturated/α-hetero) is 1. The Morgan fingerprint density at radius 3 is 2.55 bits per heavy atom. The van der Waals surface area contributed by atoms with Gasteiger partial charge in [0.1, 0.15) is 6.10 Å². The number of nitrogens with one attached hydrogen (secondary N) is 1. The molecule has 2 atom stereocenters. The highest BCUT2D eigenvalue weighted by Crippen LogP contribution is 2.29. The number of benzene rings is 1. The minimum atomic E-state index is -4.12. The smallest absolute Gasteiger partial charge is 0.266 e. The summed E-state index contributed by atoms with van der Waals surface area (Å²) in [4.78, 5) is 38.3. The zero-order chi connectivity index (χ0) is 23.0. The number of hydrogen-bond donors (Lipinski definition) is 2. The third kappa shape index (κ3) is 7.93. The van der Waals surface area contributed by atoms with E-state index in [0.717, 1.165) is 0 Å². The Hall–Kier alpha value is -3.07. The normalized spacial score (nSPS) is 16.9. The molecular weight excluding hydrogens is 424 g/mol. The molecule has 10 heteroatoms. The Morgan fingerprint density at radius 1 is 1.29 bits per heavy atom. The standard InChI is InChI=1S/C21H24N2O7S/c1-14-11-17(21(26)16-3-6-18(7-4-16)23-13-24)5-8-19(14)30-15(2)12-20(25)22-9-10-31(27,28)29/h3-8,14-15H,9-12H2,1-2H3,(H,22,25)(H,27,28,29). The van der Waals surface area contributed by atoms with Crippen molar-refractivity contribution in [2.75, 3.05) is 12.3 Å². The number of aliphatic imine (C=N–C) groups is 1. The molecule has 1 aliphatic carbocycles. The predicted molar refractivity (Wildman–Crippen MR) is 113 cm³/mol. The van der Waals surface area contributed by atoms with Gasteiger partial charge >= 0.3 is 0 Å². The van der Waals surface area contributed by atoms with Gasteiger partial charge in [-0.3, -0.25) is 14.1 Å². The number of hydrogen-bond acceptors (Lipinski definition) is 7. The number of ketones is 1.